The highest BCUT2D eigenvalue weighted by atomic mass is 32.1. The lowest BCUT2D eigenvalue weighted by Gasteiger charge is -2.16. The first-order valence-corrected chi connectivity index (χ1v) is 8.29. The van der Waals surface area contributed by atoms with E-state index in [0.29, 0.717) is 12.5 Å². The van der Waals surface area contributed by atoms with Gasteiger partial charge in [0.2, 0.25) is 0 Å². The number of aromatic nitrogens is 3. The summed E-state index contributed by atoms with van der Waals surface area (Å²) in [6.45, 7) is 6.11. The van der Waals surface area contributed by atoms with Crippen LogP contribution in [0, 0.1) is 13.8 Å². The van der Waals surface area contributed by atoms with Crippen molar-refractivity contribution in [1.82, 2.24) is 25.0 Å². The number of urea groups is 1. The molecule has 0 spiro atoms. The van der Waals surface area contributed by atoms with Crippen molar-refractivity contribution in [3.63, 3.8) is 0 Å². The van der Waals surface area contributed by atoms with E-state index in [9.17, 15) is 4.79 Å². The number of nitrogens with zero attached hydrogens (tertiary/aromatic N) is 4. The smallest absolute Gasteiger partial charge is 0.317 e. The summed E-state index contributed by atoms with van der Waals surface area (Å²) in [4.78, 5) is 19.8. The van der Waals surface area contributed by atoms with Crippen LogP contribution in [-0.4, -0.2) is 38.8 Å². The molecule has 1 saturated heterocycles. The molecule has 2 aromatic heterocycles. The number of rotatable bonds is 3. The Labute approximate surface area is 134 Å². The highest BCUT2D eigenvalue weighted by Gasteiger charge is 2.28. The van der Waals surface area contributed by atoms with Gasteiger partial charge in [-0.15, -0.1) is 11.3 Å². The third-order valence-electron chi connectivity index (χ3n) is 4.14. The van der Waals surface area contributed by atoms with Crippen molar-refractivity contribution >= 4 is 17.4 Å². The summed E-state index contributed by atoms with van der Waals surface area (Å²) in [7, 11) is 1.92. The van der Waals surface area contributed by atoms with Crippen LogP contribution in [0.3, 0.4) is 0 Å². The van der Waals surface area contributed by atoms with Crippen LogP contribution in [0.4, 0.5) is 4.79 Å². The lowest BCUT2D eigenvalue weighted by atomic mass is 10.0. The molecule has 6 nitrogen and oxygen atoms in total. The van der Waals surface area contributed by atoms with Crippen molar-refractivity contribution < 1.29 is 4.79 Å². The Morgan fingerprint density at radius 1 is 1.50 bits per heavy atom. The minimum absolute atomic E-state index is 0.00287. The van der Waals surface area contributed by atoms with Crippen LogP contribution in [0.15, 0.2) is 12.4 Å². The number of nitrogens with one attached hydrogen (secondary N) is 1. The number of aryl methyl sites for hydroxylation is 3. The highest BCUT2D eigenvalue weighted by Crippen LogP contribution is 2.26. The third kappa shape index (κ3) is 3.14. The Kier molecular flexibility index (Phi) is 4.15. The van der Waals surface area contributed by atoms with E-state index in [1.165, 1.54) is 10.4 Å². The molecule has 118 valence electrons. The summed E-state index contributed by atoms with van der Waals surface area (Å²) in [6.07, 6.45) is 4.93. The van der Waals surface area contributed by atoms with Crippen LogP contribution >= 0.6 is 11.3 Å². The quantitative estimate of drug-likeness (QED) is 0.943. The second-order valence-corrected chi connectivity index (χ2v) is 7.07. The summed E-state index contributed by atoms with van der Waals surface area (Å²) in [6, 6.07) is -0.00287. The maximum Gasteiger partial charge on any atom is 0.317 e. The van der Waals surface area contributed by atoms with E-state index in [2.05, 4.69) is 22.3 Å². The van der Waals surface area contributed by atoms with E-state index in [1.54, 1.807) is 11.3 Å². The first kappa shape index (κ1) is 15.0. The van der Waals surface area contributed by atoms with Gasteiger partial charge in [-0.25, -0.2) is 9.78 Å². The van der Waals surface area contributed by atoms with Crippen molar-refractivity contribution in [2.24, 2.45) is 7.05 Å². The molecule has 0 aliphatic carbocycles. The fraction of sp³-hybridized carbons (Fsp3) is 0.533. The van der Waals surface area contributed by atoms with E-state index in [1.807, 2.05) is 35.9 Å². The van der Waals surface area contributed by atoms with Gasteiger partial charge in [0, 0.05) is 37.1 Å². The predicted molar refractivity (Wildman–Crippen MR) is 86.0 cm³/mol. The minimum atomic E-state index is -0.00287. The largest absolute Gasteiger partial charge is 0.331 e. The van der Waals surface area contributed by atoms with Crippen molar-refractivity contribution in [3.8, 4) is 0 Å². The number of thiazole rings is 1. The van der Waals surface area contributed by atoms with Gasteiger partial charge >= 0.3 is 6.03 Å². The molecule has 3 heterocycles. The van der Waals surface area contributed by atoms with E-state index in [4.69, 9.17) is 0 Å². The van der Waals surface area contributed by atoms with Gasteiger partial charge in [0.25, 0.3) is 0 Å². The normalized spacial score (nSPS) is 18.0. The standard InChI is InChI=1S/C15H21N5OS/c1-10-11(2)22-14(18-10)7-16-15(21)20-5-4-12(9-20)13-6-17-19(3)8-13/h6,8,12H,4-5,7,9H2,1-3H3,(H,16,21)/t12-/m1/s1. The number of hydrogen-bond donors (Lipinski definition) is 1. The van der Waals surface area contributed by atoms with Crippen molar-refractivity contribution in [2.45, 2.75) is 32.7 Å². The molecule has 0 radical (unpaired) electrons. The molecule has 0 unspecified atom stereocenters. The molecule has 1 fully saturated rings. The number of amides is 2. The first-order chi connectivity index (χ1) is 10.5. The van der Waals surface area contributed by atoms with Crippen LogP contribution in [0.5, 0.6) is 0 Å². The number of carbonyl (C=O) groups is 1. The number of hydrogen-bond acceptors (Lipinski definition) is 4. The molecule has 1 aliphatic heterocycles. The van der Waals surface area contributed by atoms with Gasteiger partial charge < -0.3 is 10.2 Å². The summed E-state index contributed by atoms with van der Waals surface area (Å²) in [5.74, 6) is 0.392. The predicted octanol–water partition coefficient (Wildman–Crippen LogP) is 2.19. The molecule has 1 atom stereocenters. The van der Waals surface area contributed by atoms with Gasteiger partial charge in [0.15, 0.2) is 0 Å². The molecule has 0 saturated carbocycles. The fourth-order valence-electron chi connectivity index (χ4n) is 2.75. The minimum Gasteiger partial charge on any atom is -0.331 e. The summed E-state index contributed by atoms with van der Waals surface area (Å²) in [5, 5.41) is 8.15. The van der Waals surface area contributed by atoms with Crippen LogP contribution in [0.2, 0.25) is 0 Å². The summed E-state index contributed by atoms with van der Waals surface area (Å²) < 4.78 is 1.81. The lowest BCUT2D eigenvalue weighted by molar-refractivity contribution is 0.208. The molecule has 2 aromatic rings. The molecule has 3 rings (SSSR count). The SMILES string of the molecule is Cc1nc(CNC(=O)N2CC[C@@H](c3cnn(C)c3)C2)sc1C. The number of likely N-dealkylation sites (tertiary alicyclic amines) is 1. The third-order valence-corrected chi connectivity index (χ3v) is 5.21. The Balaban J connectivity index is 1.53. The van der Waals surface area contributed by atoms with Gasteiger partial charge in [-0.05, 0) is 25.8 Å². The number of carbonyl (C=O) groups excluding carboxylic acids is 1. The molecule has 2 amide bonds. The topological polar surface area (TPSA) is 63.1 Å². The molecular formula is C15H21N5OS. The second-order valence-electron chi connectivity index (χ2n) is 5.79. The average molecular weight is 319 g/mol. The molecule has 1 N–H and O–H groups in total. The van der Waals surface area contributed by atoms with E-state index >= 15 is 0 Å². The van der Waals surface area contributed by atoms with Crippen LogP contribution in [0.25, 0.3) is 0 Å². The van der Waals surface area contributed by atoms with E-state index < -0.39 is 0 Å². The Morgan fingerprint density at radius 2 is 2.32 bits per heavy atom. The zero-order valence-corrected chi connectivity index (χ0v) is 14.0. The van der Waals surface area contributed by atoms with Gasteiger partial charge in [-0.1, -0.05) is 0 Å². The van der Waals surface area contributed by atoms with Crippen LogP contribution in [0.1, 0.15) is 33.5 Å². The van der Waals surface area contributed by atoms with Crippen molar-refractivity contribution in [1.29, 1.82) is 0 Å². The maximum atomic E-state index is 12.3. The molecule has 0 aromatic carbocycles. The van der Waals surface area contributed by atoms with Crippen LogP contribution in [-0.2, 0) is 13.6 Å². The highest BCUT2D eigenvalue weighted by molar-refractivity contribution is 7.11. The Hall–Kier alpha value is -1.89. The van der Waals surface area contributed by atoms with E-state index in [0.717, 1.165) is 30.2 Å². The second kappa shape index (κ2) is 6.08. The fourth-order valence-corrected chi connectivity index (χ4v) is 3.62. The van der Waals surface area contributed by atoms with Gasteiger partial charge in [0.05, 0.1) is 18.4 Å². The van der Waals surface area contributed by atoms with Crippen molar-refractivity contribution in [2.75, 3.05) is 13.1 Å². The average Bonchev–Trinajstić information content (AvgIpc) is 3.18. The van der Waals surface area contributed by atoms with Gasteiger partial charge in [-0.2, -0.15) is 5.10 Å². The van der Waals surface area contributed by atoms with Gasteiger partial charge in [-0.3, -0.25) is 4.68 Å². The van der Waals surface area contributed by atoms with Gasteiger partial charge in [0.1, 0.15) is 5.01 Å². The molecule has 22 heavy (non-hydrogen) atoms. The molecule has 7 heteroatoms. The van der Waals surface area contributed by atoms with Crippen molar-refractivity contribution in [3.05, 3.63) is 33.5 Å². The van der Waals surface area contributed by atoms with Crippen LogP contribution < -0.4 is 5.32 Å². The monoisotopic (exact) mass is 319 g/mol. The lowest BCUT2D eigenvalue weighted by Crippen LogP contribution is -2.37. The molecule has 0 bridgehead atoms. The Morgan fingerprint density at radius 3 is 2.95 bits per heavy atom. The molecular weight excluding hydrogens is 298 g/mol. The first-order valence-electron chi connectivity index (χ1n) is 7.47. The Bertz CT molecular complexity index is 658. The zero-order chi connectivity index (χ0) is 15.7. The van der Waals surface area contributed by atoms with E-state index in [-0.39, 0.29) is 6.03 Å². The molecule has 1 aliphatic rings. The summed E-state index contributed by atoms with van der Waals surface area (Å²) >= 11 is 1.64. The summed E-state index contributed by atoms with van der Waals surface area (Å²) in [5.41, 5.74) is 2.26. The maximum absolute atomic E-state index is 12.3. The zero-order valence-electron chi connectivity index (χ0n) is 13.2.